The minimum Gasteiger partial charge on any atom is -0.480 e. The zero-order valence-corrected chi connectivity index (χ0v) is 11.5. The highest BCUT2D eigenvalue weighted by molar-refractivity contribution is 5.85. The van der Waals surface area contributed by atoms with Crippen LogP contribution in [-0.2, 0) is 4.79 Å². The Kier molecular flexibility index (Phi) is 4.27. The van der Waals surface area contributed by atoms with E-state index in [2.05, 4.69) is 5.32 Å². The summed E-state index contributed by atoms with van der Waals surface area (Å²) in [5.41, 5.74) is -1.20. The molecule has 1 amide bonds. The molecule has 0 radical (unpaired) electrons. The second-order valence-electron chi connectivity index (χ2n) is 5.42. The van der Waals surface area contributed by atoms with E-state index in [9.17, 15) is 14.7 Å². The Morgan fingerprint density at radius 1 is 1.35 bits per heavy atom. The lowest BCUT2D eigenvalue weighted by atomic mass is 9.76. The molecule has 0 saturated heterocycles. The largest absolute Gasteiger partial charge is 0.480 e. The second-order valence-corrected chi connectivity index (χ2v) is 5.42. The Morgan fingerprint density at radius 2 is 2.05 bits per heavy atom. The first-order chi connectivity index (χ1) is 9.52. The molecule has 1 aliphatic carbocycles. The average molecular weight is 277 g/mol. The summed E-state index contributed by atoms with van der Waals surface area (Å²) in [5.74, 6) is -0.319. The number of aliphatic carboxylic acids is 1. The van der Waals surface area contributed by atoms with Gasteiger partial charge in [0.25, 0.3) is 0 Å². The van der Waals surface area contributed by atoms with E-state index in [-0.39, 0.29) is 5.92 Å². The third-order valence-corrected chi connectivity index (χ3v) is 3.70. The lowest BCUT2D eigenvalue weighted by Gasteiger charge is -2.36. The summed E-state index contributed by atoms with van der Waals surface area (Å²) in [6.07, 6.45) is 1.94. The average Bonchev–Trinajstić information content (AvgIpc) is 2.39. The molecule has 5 nitrogen and oxygen atoms in total. The van der Waals surface area contributed by atoms with Crippen molar-refractivity contribution in [1.29, 1.82) is 0 Å². The highest BCUT2D eigenvalue weighted by Crippen LogP contribution is 2.32. The topological polar surface area (TPSA) is 75.6 Å². The molecule has 20 heavy (non-hydrogen) atoms. The molecule has 1 aromatic rings. The number of ether oxygens (including phenoxy) is 1. The van der Waals surface area contributed by atoms with Crippen LogP contribution in [0.4, 0.5) is 4.79 Å². The van der Waals surface area contributed by atoms with E-state index in [1.54, 1.807) is 24.3 Å². The fourth-order valence-corrected chi connectivity index (χ4v) is 2.73. The predicted molar refractivity (Wildman–Crippen MR) is 73.6 cm³/mol. The Bertz CT molecular complexity index is 488. The predicted octanol–water partition coefficient (Wildman–Crippen LogP) is 2.81. The minimum atomic E-state index is -1.20. The van der Waals surface area contributed by atoms with Crippen molar-refractivity contribution in [3.05, 3.63) is 30.3 Å². The van der Waals surface area contributed by atoms with Crippen LogP contribution in [0.25, 0.3) is 0 Å². The van der Waals surface area contributed by atoms with E-state index in [1.807, 2.05) is 13.0 Å². The highest BCUT2D eigenvalue weighted by Gasteiger charge is 2.43. The Balaban J connectivity index is 2.05. The summed E-state index contributed by atoms with van der Waals surface area (Å²) >= 11 is 0. The molecule has 2 atom stereocenters. The molecule has 0 spiro atoms. The fraction of sp³-hybridized carbons (Fsp3) is 0.467. The van der Waals surface area contributed by atoms with Gasteiger partial charge in [-0.05, 0) is 30.9 Å². The van der Waals surface area contributed by atoms with Crippen LogP contribution >= 0.6 is 0 Å². The van der Waals surface area contributed by atoms with Gasteiger partial charge in [0.05, 0.1) is 0 Å². The maximum absolute atomic E-state index is 11.9. The van der Waals surface area contributed by atoms with Crippen molar-refractivity contribution in [3.63, 3.8) is 0 Å². The molecule has 0 bridgehead atoms. The van der Waals surface area contributed by atoms with Gasteiger partial charge in [0.1, 0.15) is 11.3 Å². The number of carboxylic acid groups (broad SMARTS) is 1. The molecular formula is C15H19NO4. The maximum Gasteiger partial charge on any atom is 0.413 e. The van der Waals surface area contributed by atoms with Crippen LogP contribution in [0, 0.1) is 5.92 Å². The molecule has 0 aromatic heterocycles. The number of rotatable bonds is 3. The van der Waals surface area contributed by atoms with Crippen LogP contribution < -0.4 is 10.1 Å². The number of amides is 1. The molecule has 1 aliphatic rings. The van der Waals surface area contributed by atoms with Crippen LogP contribution in [0.2, 0.25) is 0 Å². The van der Waals surface area contributed by atoms with Gasteiger partial charge in [0, 0.05) is 0 Å². The van der Waals surface area contributed by atoms with E-state index in [4.69, 9.17) is 4.74 Å². The quantitative estimate of drug-likeness (QED) is 0.890. The molecule has 2 rings (SSSR count). The van der Waals surface area contributed by atoms with E-state index in [0.717, 1.165) is 12.8 Å². The molecule has 5 heteroatoms. The van der Waals surface area contributed by atoms with Crippen molar-refractivity contribution in [3.8, 4) is 5.75 Å². The number of carbonyl (C=O) groups excluding carboxylic acids is 1. The Morgan fingerprint density at radius 3 is 2.65 bits per heavy atom. The van der Waals surface area contributed by atoms with Gasteiger partial charge in [-0.25, -0.2) is 9.59 Å². The number of nitrogens with one attached hydrogen (secondary N) is 1. The van der Waals surface area contributed by atoms with Gasteiger partial charge in [-0.2, -0.15) is 0 Å². The molecular weight excluding hydrogens is 258 g/mol. The summed E-state index contributed by atoms with van der Waals surface area (Å²) < 4.78 is 5.11. The molecule has 0 aliphatic heterocycles. The number of hydrogen-bond acceptors (Lipinski definition) is 3. The monoisotopic (exact) mass is 277 g/mol. The number of carboxylic acids is 1. The van der Waals surface area contributed by atoms with Gasteiger partial charge in [-0.3, -0.25) is 0 Å². The number of hydrogen-bond donors (Lipinski definition) is 2. The van der Waals surface area contributed by atoms with Gasteiger partial charge in [-0.15, -0.1) is 0 Å². The highest BCUT2D eigenvalue weighted by atomic mass is 16.6. The van der Waals surface area contributed by atoms with Crippen molar-refractivity contribution < 1.29 is 19.4 Å². The first-order valence-corrected chi connectivity index (χ1v) is 6.80. The summed E-state index contributed by atoms with van der Waals surface area (Å²) in [7, 11) is 0. The molecule has 2 unspecified atom stereocenters. The molecule has 1 aromatic carbocycles. The van der Waals surface area contributed by atoms with Crippen LogP contribution in [-0.4, -0.2) is 22.7 Å². The standard InChI is InChI=1S/C15H19NO4/c1-11-6-5-9-15(10-11,13(17)18)16-14(19)20-12-7-3-2-4-8-12/h2-4,7-8,11H,5-6,9-10H2,1H3,(H,16,19)(H,17,18). The van der Waals surface area contributed by atoms with Gasteiger partial charge in [-0.1, -0.05) is 38.0 Å². The van der Waals surface area contributed by atoms with Crippen molar-refractivity contribution in [2.24, 2.45) is 5.92 Å². The summed E-state index contributed by atoms with van der Waals surface area (Å²) in [5, 5.41) is 12.0. The Hall–Kier alpha value is -2.04. The van der Waals surface area contributed by atoms with Crippen molar-refractivity contribution in [1.82, 2.24) is 5.32 Å². The third kappa shape index (κ3) is 3.29. The van der Waals surface area contributed by atoms with Crippen molar-refractivity contribution in [2.45, 2.75) is 38.1 Å². The van der Waals surface area contributed by atoms with Crippen molar-refractivity contribution in [2.75, 3.05) is 0 Å². The fourth-order valence-electron chi connectivity index (χ4n) is 2.73. The molecule has 1 fully saturated rings. The number of benzene rings is 1. The van der Waals surface area contributed by atoms with Gasteiger partial charge < -0.3 is 15.2 Å². The zero-order valence-electron chi connectivity index (χ0n) is 11.5. The summed E-state index contributed by atoms with van der Waals surface area (Å²) in [6, 6.07) is 8.61. The Labute approximate surface area is 117 Å². The van der Waals surface area contributed by atoms with Crippen molar-refractivity contribution >= 4 is 12.1 Å². The molecule has 108 valence electrons. The van der Waals surface area contributed by atoms with Crippen LogP contribution in [0.3, 0.4) is 0 Å². The summed E-state index contributed by atoms with van der Waals surface area (Å²) in [4.78, 5) is 23.4. The van der Waals surface area contributed by atoms with Crippen LogP contribution in [0.15, 0.2) is 30.3 Å². The maximum atomic E-state index is 11.9. The van der Waals surface area contributed by atoms with Gasteiger partial charge in [0.2, 0.25) is 0 Å². The van der Waals surface area contributed by atoms with Crippen LogP contribution in [0.1, 0.15) is 32.6 Å². The molecule has 2 N–H and O–H groups in total. The zero-order chi connectivity index (χ0) is 14.6. The van der Waals surface area contributed by atoms with Gasteiger partial charge in [0.15, 0.2) is 0 Å². The minimum absolute atomic E-state index is 0.275. The normalized spacial score (nSPS) is 25.8. The van der Waals surface area contributed by atoms with E-state index < -0.39 is 17.6 Å². The molecule has 0 heterocycles. The third-order valence-electron chi connectivity index (χ3n) is 3.70. The van der Waals surface area contributed by atoms with E-state index in [0.29, 0.717) is 18.6 Å². The van der Waals surface area contributed by atoms with Gasteiger partial charge >= 0.3 is 12.1 Å². The first kappa shape index (κ1) is 14.4. The smallest absolute Gasteiger partial charge is 0.413 e. The van der Waals surface area contributed by atoms with Crippen LogP contribution in [0.5, 0.6) is 5.75 Å². The summed E-state index contributed by atoms with van der Waals surface area (Å²) in [6.45, 7) is 2.00. The number of carbonyl (C=O) groups is 2. The lowest BCUT2D eigenvalue weighted by molar-refractivity contribution is -0.146. The first-order valence-electron chi connectivity index (χ1n) is 6.80. The SMILES string of the molecule is CC1CCCC(NC(=O)Oc2ccccc2)(C(=O)O)C1. The van der Waals surface area contributed by atoms with E-state index in [1.165, 1.54) is 0 Å². The lowest BCUT2D eigenvalue weighted by Crippen LogP contribution is -2.57. The number of para-hydroxylation sites is 1. The van der Waals surface area contributed by atoms with E-state index >= 15 is 0 Å². The second kappa shape index (κ2) is 5.94. The molecule has 1 saturated carbocycles.